The molecule has 0 radical (unpaired) electrons. The molecular weight excluding hydrogens is 444 g/mol. The first-order chi connectivity index (χ1) is 16.4. The number of aliphatic hydroxyl groups is 3. The minimum Gasteiger partial charge on any atom is -0.493 e. The number of methoxy groups -OCH3 is 1. The minimum atomic E-state index is -1.13. The van der Waals surface area contributed by atoms with Crippen molar-refractivity contribution in [3.63, 3.8) is 0 Å². The Morgan fingerprint density at radius 1 is 1.29 bits per heavy atom. The van der Waals surface area contributed by atoms with Gasteiger partial charge in [-0.2, -0.15) is 0 Å². The maximum Gasteiger partial charge on any atom is 0.247 e. The van der Waals surface area contributed by atoms with E-state index in [4.69, 9.17) is 14.2 Å². The van der Waals surface area contributed by atoms with Crippen LogP contribution in [0.15, 0.2) is 23.8 Å². The third-order valence-corrected chi connectivity index (χ3v) is 6.68. The molecule has 4 rings (SSSR count). The summed E-state index contributed by atoms with van der Waals surface area (Å²) in [5, 5.41) is 33.0. The number of ether oxygens (including phenoxy) is 3. The number of hydrogen-bond donors (Lipinski definition) is 4. The van der Waals surface area contributed by atoms with Crippen molar-refractivity contribution < 1.29 is 39.1 Å². The first kappa shape index (κ1) is 24.5. The second-order valence-electron chi connectivity index (χ2n) is 8.82. The van der Waals surface area contributed by atoms with Gasteiger partial charge in [-0.25, -0.2) is 0 Å². The van der Waals surface area contributed by atoms with Gasteiger partial charge >= 0.3 is 0 Å². The highest BCUT2D eigenvalue weighted by atomic mass is 16.5. The van der Waals surface area contributed by atoms with E-state index in [0.29, 0.717) is 41.4 Å². The van der Waals surface area contributed by atoms with Gasteiger partial charge in [-0.15, -0.1) is 0 Å². The molecule has 5 atom stereocenters. The molecule has 186 valence electrons. The fourth-order valence-corrected chi connectivity index (χ4v) is 5.09. The monoisotopic (exact) mass is 476 g/mol. The van der Waals surface area contributed by atoms with Gasteiger partial charge in [0.25, 0.3) is 0 Å². The number of carbonyl (C=O) groups excluding carboxylic acids is 2. The van der Waals surface area contributed by atoms with E-state index in [1.165, 1.54) is 18.9 Å². The molecule has 4 N–H and O–H groups in total. The zero-order valence-corrected chi connectivity index (χ0v) is 19.4. The van der Waals surface area contributed by atoms with Crippen LogP contribution in [0.5, 0.6) is 11.5 Å². The third kappa shape index (κ3) is 4.50. The molecule has 34 heavy (non-hydrogen) atoms. The Morgan fingerprint density at radius 2 is 2.09 bits per heavy atom. The molecule has 0 aromatic heterocycles. The fourth-order valence-electron chi connectivity index (χ4n) is 5.09. The Morgan fingerprint density at radius 3 is 2.71 bits per heavy atom. The molecule has 1 aromatic rings. The first-order valence-corrected chi connectivity index (χ1v) is 11.6. The molecule has 0 saturated carbocycles. The predicted molar refractivity (Wildman–Crippen MR) is 120 cm³/mol. The molecule has 1 saturated heterocycles. The van der Waals surface area contributed by atoms with Crippen LogP contribution >= 0.6 is 0 Å². The lowest BCUT2D eigenvalue weighted by Crippen LogP contribution is -2.56. The molecule has 1 aliphatic carbocycles. The van der Waals surface area contributed by atoms with Gasteiger partial charge in [-0.05, 0) is 36.6 Å². The van der Waals surface area contributed by atoms with E-state index in [1.54, 1.807) is 18.2 Å². The zero-order chi connectivity index (χ0) is 24.4. The predicted octanol–water partition coefficient (Wildman–Crippen LogP) is -0.162. The van der Waals surface area contributed by atoms with E-state index in [-0.39, 0.29) is 31.8 Å². The Bertz CT molecular complexity index is 959. The van der Waals surface area contributed by atoms with E-state index in [1.807, 2.05) is 0 Å². The Kier molecular flexibility index (Phi) is 7.42. The second kappa shape index (κ2) is 10.3. The summed E-state index contributed by atoms with van der Waals surface area (Å²) >= 11 is 0. The van der Waals surface area contributed by atoms with Crippen molar-refractivity contribution in [1.29, 1.82) is 0 Å². The van der Waals surface area contributed by atoms with Crippen molar-refractivity contribution in [2.45, 2.75) is 56.6 Å². The van der Waals surface area contributed by atoms with Gasteiger partial charge in [-0.1, -0.05) is 0 Å². The van der Waals surface area contributed by atoms with Crippen molar-refractivity contribution in [1.82, 2.24) is 10.2 Å². The number of nitrogens with one attached hydrogen (secondary N) is 1. The van der Waals surface area contributed by atoms with Crippen LogP contribution in [0, 0.1) is 0 Å². The molecule has 2 heterocycles. The van der Waals surface area contributed by atoms with Gasteiger partial charge in [0.05, 0.1) is 38.4 Å². The molecule has 2 aliphatic heterocycles. The van der Waals surface area contributed by atoms with Crippen molar-refractivity contribution in [2.24, 2.45) is 0 Å². The Balaban J connectivity index is 1.77. The van der Waals surface area contributed by atoms with Gasteiger partial charge in [0.1, 0.15) is 12.2 Å². The highest BCUT2D eigenvalue weighted by molar-refractivity contribution is 5.96. The largest absolute Gasteiger partial charge is 0.493 e. The average molecular weight is 477 g/mol. The summed E-state index contributed by atoms with van der Waals surface area (Å²) in [6, 6.07) is 2.57. The van der Waals surface area contributed by atoms with Crippen molar-refractivity contribution in [3.05, 3.63) is 34.9 Å². The lowest BCUT2D eigenvalue weighted by Gasteiger charge is -2.41. The van der Waals surface area contributed by atoms with E-state index in [2.05, 4.69) is 5.32 Å². The molecule has 1 fully saturated rings. The van der Waals surface area contributed by atoms with Crippen LogP contribution in [0.1, 0.15) is 36.8 Å². The van der Waals surface area contributed by atoms with Crippen molar-refractivity contribution in [3.8, 4) is 11.5 Å². The van der Waals surface area contributed by atoms with Crippen LogP contribution < -0.4 is 14.8 Å². The van der Waals surface area contributed by atoms with Crippen LogP contribution in [0.4, 0.5) is 0 Å². The van der Waals surface area contributed by atoms with E-state index < -0.39 is 30.1 Å². The summed E-state index contributed by atoms with van der Waals surface area (Å²) < 4.78 is 17.3. The number of aliphatic hydroxyl groups excluding tert-OH is 3. The lowest BCUT2D eigenvalue weighted by molar-refractivity contribution is -0.137. The number of carbonyl (C=O) groups is 2. The smallest absolute Gasteiger partial charge is 0.247 e. The highest BCUT2D eigenvalue weighted by Crippen LogP contribution is 2.51. The van der Waals surface area contributed by atoms with Gasteiger partial charge < -0.3 is 39.7 Å². The molecule has 5 unspecified atom stereocenters. The molecule has 10 heteroatoms. The normalized spacial score (nSPS) is 27.3. The lowest BCUT2D eigenvalue weighted by atomic mass is 9.77. The summed E-state index contributed by atoms with van der Waals surface area (Å²) in [5.74, 6) is -0.537. The van der Waals surface area contributed by atoms with Crippen LogP contribution in [0.25, 0.3) is 0 Å². The van der Waals surface area contributed by atoms with Crippen LogP contribution in [0.2, 0.25) is 0 Å². The molecule has 3 aliphatic rings. The van der Waals surface area contributed by atoms with Crippen molar-refractivity contribution in [2.75, 3.05) is 33.4 Å². The van der Waals surface area contributed by atoms with Crippen LogP contribution in [0.3, 0.4) is 0 Å². The number of benzene rings is 1. The molecule has 2 amide bonds. The van der Waals surface area contributed by atoms with Crippen LogP contribution in [-0.4, -0.2) is 89.8 Å². The molecule has 0 spiro atoms. The first-order valence-electron chi connectivity index (χ1n) is 11.6. The van der Waals surface area contributed by atoms with Gasteiger partial charge in [0, 0.05) is 37.8 Å². The van der Waals surface area contributed by atoms with Gasteiger partial charge in [0.15, 0.2) is 11.5 Å². The fraction of sp³-hybridized carbons (Fsp3) is 0.583. The third-order valence-electron chi connectivity index (χ3n) is 6.68. The van der Waals surface area contributed by atoms with E-state index >= 15 is 0 Å². The van der Waals surface area contributed by atoms with Crippen molar-refractivity contribution >= 4 is 11.8 Å². The molecular formula is C24H32N2O8. The quantitative estimate of drug-likeness (QED) is 0.406. The van der Waals surface area contributed by atoms with Crippen LogP contribution in [-0.2, 0) is 20.9 Å². The Labute approximate surface area is 198 Å². The second-order valence-corrected chi connectivity index (χ2v) is 8.82. The number of amides is 2. The molecule has 10 nitrogen and oxygen atoms in total. The Hall–Kier alpha value is -2.66. The number of nitrogens with zero attached hydrogens (tertiary/aromatic N) is 1. The minimum absolute atomic E-state index is 0.0564. The van der Waals surface area contributed by atoms with Gasteiger partial charge in [0.2, 0.25) is 11.8 Å². The number of rotatable bonds is 8. The summed E-state index contributed by atoms with van der Waals surface area (Å²) in [6.07, 6.45) is 1.22. The SMILES string of the molecule is COc1cc(CO)cc2c1OC1C2C(C(=O)NCCO)=CC(N(CC2CCCO2)C(C)=O)C1O. The standard InChI is InChI=1S/C24H32N2O8/c1-13(29)26(11-15-4-3-7-33-15)18-10-17(24(31)25-5-6-27)20-16-8-14(12-28)9-19(32-2)22(16)34-23(20)21(18)30/h8-10,15,18,20-21,23,27-28,30H,3-7,11-12H2,1-2H3,(H,25,31). The zero-order valence-electron chi connectivity index (χ0n) is 19.4. The number of fused-ring (bicyclic) bond motifs is 3. The van der Waals surface area contributed by atoms with Gasteiger partial charge in [-0.3, -0.25) is 9.59 Å². The summed E-state index contributed by atoms with van der Waals surface area (Å²) in [4.78, 5) is 27.3. The molecule has 1 aromatic carbocycles. The average Bonchev–Trinajstić information content (AvgIpc) is 3.49. The summed E-state index contributed by atoms with van der Waals surface area (Å²) in [5.41, 5.74) is 1.52. The van der Waals surface area contributed by atoms with E-state index in [0.717, 1.165) is 12.8 Å². The van der Waals surface area contributed by atoms with E-state index in [9.17, 15) is 24.9 Å². The maximum atomic E-state index is 13.2. The topological polar surface area (TPSA) is 138 Å². The number of hydrogen-bond acceptors (Lipinski definition) is 8. The molecule has 0 bridgehead atoms. The summed E-state index contributed by atoms with van der Waals surface area (Å²) in [6.45, 7) is 1.94. The summed E-state index contributed by atoms with van der Waals surface area (Å²) in [7, 11) is 1.48. The maximum absolute atomic E-state index is 13.2. The highest BCUT2D eigenvalue weighted by Gasteiger charge is 2.51.